The van der Waals surface area contributed by atoms with E-state index in [1.165, 1.54) is 12.1 Å². The van der Waals surface area contributed by atoms with Crippen LogP contribution in [0.5, 0.6) is 11.5 Å². The molecule has 360 valence electrons. The van der Waals surface area contributed by atoms with Gasteiger partial charge in [0, 0.05) is 63.0 Å². The van der Waals surface area contributed by atoms with Crippen LogP contribution >= 0.6 is 0 Å². The van der Waals surface area contributed by atoms with Crippen molar-refractivity contribution in [2.24, 2.45) is 0 Å². The van der Waals surface area contributed by atoms with E-state index in [4.69, 9.17) is 22.1 Å². The molecule has 0 radical (unpaired) electrons. The van der Waals surface area contributed by atoms with Gasteiger partial charge in [-0.05, 0) is 124 Å². The summed E-state index contributed by atoms with van der Waals surface area (Å²) in [7, 11) is 0. The molecule has 0 fully saturated rings. The number of hydrogen-bond acceptors (Lipinski definition) is 4. The van der Waals surface area contributed by atoms with Crippen LogP contribution in [0.3, 0.4) is 0 Å². The van der Waals surface area contributed by atoms with Gasteiger partial charge in [-0.1, -0.05) is 170 Å². The number of para-hydroxylation sites is 2. The Bertz CT molecular complexity index is 4350. The first-order chi connectivity index (χ1) is 37.8. The molecule has 7 aromatic carbocycles. The second-order valence-corrected chi connectivity index (χ2v) is 20.6. The van der Waals surface area contributed by atoms with Gasteiger partial charge >= 0.3 is 0 Å². The van der Waals surface area contributed by atoms with Gasteiger partial charge < -0.3 is 18.8 Å². The molecule has 0 saturated heterocycles. The van der Waals surface area contributed by atoms with Gasteiger partial charge in [0.1, 0.15) is 5.82 Å². The van der Waals surface area contributed by atoms with Crippen LogP contribution in [0.4, 0.5) is 11.4 Å². The van der Waals surface area contributed by atoms with Gasteiger partial charge in [-0.3, -0.25) is 4.98 Å². The van der Waals surface area contributed by atoms with Crippen molar-refractivity contribution in [1.29, 1.82) is 0 Å². The fraction of sp³-hybridized carbons (Fsp3) is 0.185. The minimum Gasteiger partial charge on any atom is -0.509 e. The Balaban J connectivity index is 0.00000690. The number of fused-ring (bicyclic) bond motifs is 10. The number of ether oxygens (including phenoxy) is 1. The molecular formula is C65H56N5OPt-3. The van der Waals surface area contributed by atoms with E-state index in [1.54, 1.807) is 6.20 Å². The fourth-order valence-electron chi connectivity index (χ4n) is 10.2. The van der Waals surface area contributed by atoms with E-state index in [-0.39, 0.29) is 32.0 Å². The van der Waals surface area contributed by atoms with Gasteiger partial charge in [-0.2, -0.15) is 12.1 Å². The SMILES string of the molecule is [2H]C([2H])([2H])C(c1cc(-c2cccc3c4ccccc4c4ccccc4c4cccc5c4n(c23)[CH-]N5c2[c-]c(Oc3[c-]c4c(cc3)c3ccncc3n4-c3cc(C(C)(C)C)ccn3)ccc2)cc(C(C)(C)C)c1)(C([2H])([2H])[2H])C([2H])([2H])[2H].[Pt]. The quantitative estimate of drug-likeness (QED) is 0.161. The molecule has 0 aliphatic carbocycles. The summed E-state index contributed by atoms with van der Waals surface area (Å²) in [6.07, 6.45) is 5.47. The second kappa shape index (κ2) is 17.4. The van der Waals surface area contributed by atoms with Gasteiger partial charge in [0.15, 0.2) is 0 Å². The number of nitrogens with zero attached hydrogens (tertiary/aromatic N) is 5. The third kappa shape index (κ3) is 7.97. The Kier molecular flexibility index (Phi) is 9.05. The Morgan fingerprint density at radius 3 is 1.86 bits per heavy atom. The number of rotatable bonds is 5. The molecule has 0 atom stereocenters. The summed E-state index contributed by atoms with van der Waals surface area (Å²) in [5.74, 6) is 1.65. The van der Waals surface area contributed by atoms with Crippen LogP contribution in [0.2, 0.25) is 0 Å². The monoisotopic (exact) mass is 1130 g/mol. The summed E-state index contributed by atoms with van der Waals surface area (Å²) in [4.78, 5) is 11.4. The fourth-order valence-corrected chi connectivity index (χ4v) is 10.2. The predicted octanol–water partition coefficient (Wildman–Crippen LogP) is 17.2. The van der Waals surface area contributed by atoms with Gasteiger partial charge in [0.25, 0.3) is 0 Å². The second-order valence-electron chi connectivity index (χ2n) is 20.6. The zero-order valence-electron chi connectivity index (χ0n) is 49.7. The summed E-state index contributed by atoms with van der Waals surface area (Å²) in [6, 6.07) is 56.5. The van der Waals surface area contributed by atoms with Gasteiger partial charge in [0.2, 0.25) is 0 Å². The van der Waals surface area contributed by atoms with Crippen molar-refractivity contribution in [3.05, 3.63) is 206 Å². The van der Waals surface area contributed by atoms with E-state index < -0.39 is 31.4 Å². The summed E-state index contributed by atoms with van der Waals surface area (Å²) < 4.78 is 90.0. The normalized spacial score (nSPS) is 15.1. The molecular weight excluding hydrogens is 1060 g/mol. The van der Waals surface area contributed by atoms with E-state index >= 15 is 0 Å². The smallest absolute Gasteiger partial charge is 0.135 e. The first-order valence-electron chi connectivity index (χ1n) is 28.4. The molecule has 1 aliphatic heterocycles. The van der Waals surface area contributed by atoms with Crippen LogP contribution in [0.1, 0.15) is 91.1 Å². The number of hydrogen-bond donors (Lipinski definition) is 0. The van der Waals surface area contributed by atoms with Crippen molar-refractivity contribution in [1.82, 2.24) is 19.1 Å². The Hall–Kier alpha value is -7.40. The first-order valence-corrected chi connectivity index (χ1v) is 23.9. The molecule has 11 aromatic rings. The van der Waals surface area contributed by atoms with Crippen molar-refractivity contribution in [2.45, 2.75) is 78.3 Å². The summed E-state index contributed by atoms with van der Waals surface area (Å²) >= 11 is 0. The number of anilines is 2. The van der Waals surface area contributed by atoms with Crippen molar-refractivity contribution >= 4 is 76.5 Å². The minimum atomic E-state index is -3.48. The zero-order chi connectivity index (χ0) is 56.5. The van der Waals surface area contributed by atoms with Crippen molar-refractivity contribution in [2.75, 3.05) is 4.90 Å². The molecule has 5 heterocycles. The topological polar surface area (TPSA) is 48.1 Å². The van der Waals surface area contributed by atoms with Crippen LogP contribution in [0, 0.1) is 18.8 Å². The van der Waals surface area contributed by atoms with E-state index in [1.807, 2.05) is 131 Å². The van der Waals surface area contributed by atoms with Crippen LogP contribution in [0.25, 0.3) is 82.1 Å². The van der Waals surface area contributed by atoms with Crippen LogP contribution < -0.4 is 9.64 Å². The Morgan fingerprint density at radius 2 is 1.17 bits per heavy atom. The first kappa shape index (κ1) is 37.4. The van der Waals surface area contributed by atoms with Crippen LogP contribution in [-0.2, 0) is 37.3 Å². The average molecular weight is 1130 g/mol. The summed E-state index contributed by atoms with van der Waals surface area (Å²) in [5.41, 5.74) is 3.12. The third-order valence-electron chi connectivity index (χ3n) is 13.8. The molecule has 6 nitrogen and oxygen atoms in total. The van der Waals surface area contributed by atoms with Gasteiger partial charge in [-0.15, -0.1) is 35.7 Å². The molecule has 0 unspecified atom stereocenters. The standard InChI is InChI=1S/C65H56N5O.Pt/c1-63(2,3)42-29-32-67-60(36-42)70-58-38-47(27-28-53(58)54-30-31-66-39-59(54)70)71-46-18-14-17-45(37-46)68-40-69-61-48(41-33-43(64(4,5)6)35-44(34-41)65(7,8)9)23-15-24-55(61)51-21-12-10-19-49(51)50-20-11-13-22-52(50)56-25-16-26-57(68)62(56)69;/h10-36,39-40H,1-9H3;/q-3;/i4D3,5D3,6D3;. The van der Waals surface area contributed by atoms with E-state index in [2.05, 4.69) is 100 Å². The molecule has 7 heteroatoms. The summed E-state index contributed by atoms with van der Waals surface area (Å²) in [6.45, 7) is 3.93. The van der Waals surface area contributed by atoms with Crippen LogP contribution in [0.15, 0.2) is 170 Å². The number of aromatic nitrogens is 4. The minimum absolute atomic E-state index is 0. The molecule has 72 heavy (non-hydrogen) atoms. The molecule has 0 spiro atoms. The van der Waals surface area contributed by atoms with Crippen molar-refractivity contribution < 1.29 is 38.1 Å². The molecule has 1 aliphatic rings. The molecule has 0 amide bonds. The largest absolute Gasteiger partial charge is 0.509 e. The van der Waals surface area contributed by atoms with Crippen LogP contribution in [-0.4, -0.2) is 19.1 Å². The summed E-state index contributed by atoms with van der Waals surface area (Å²) in [5, 5.41) is 7.61. The van der Waals surface area contributed by atoms with Gasteiger partial charge in [0.05, 0.1) is 11.7 Å². The maximum Gasteiger partial charge on any atom is 0.135 e. The Morgan fingerprint density at radius 1 is 0.542 bits per heavy atom. The Labute approximate surface area is 449 Å². The maximum atomic E-state index is 8.79. The number of benzene rings is 7. The van der Waals surface area contributed by atoms with Crippen molar-refractivity contribution in [3.63, 3.8) is 0 Å². The molecule has 0 saturated carbocycles. The van der Waals surface area contributed by atoms with E-state index in [0.29, 0.717) is 39.4 Å². The van der Waals surface area contributed by atoms with E-state index in [0.717, 1.165) is 76.7 Å². The molecule has 12 rings (SSSR count). The van der Waals surface area contributed by atoms with Gasteiger partial charge in [-0.25, -0.2) is 4.98 Å². The predicted molar refractivity (Wildman–Crippen MR) is 296 cm³/mol. The maximum absolute atomic E-state index is 8.79. The zero-order valence-corrected chi connectivity index (χ0v) is 43.0. The third-order valence-corrected chi connectivity index (χ3v) is 13.8. The molecule has 0 N–H and O–H groups in total. The van der Waals surface area contributed by atoms with E-state index in [9.17, 15) is 0 Å². The van der Waals surface area contributed by atoms with Crippen molar-refractivity contribution in [3.8, 4) is 28.4 Å². The average Bonchev–Trinajstić information content (AvgIpc) is 4.19. The number of pyridine rings is 2. The molecule has 4 aromatic heterocycles. The molecule has 0 bridgehead atoms.